The van der Waals surface area contributed by atoms with Gasteiger partial charge in [0.05, 0.1) is 23.7 Å². The Bertz CT molecular complexity index is 1060. The lowest BCUT2D eigenvalue weighted by Crippen LogP contribution is -2.52. The van der Waals surface area contributed by atoms with Gasteiger partial charge >= 0.3 is 5.97 Å². The highest BCUT2D eigenvalue weighted by Gasteiger charge is 2.71. The van der Waals surface area contributed by atoms with Crippen LogP contribution < -0.4 is 0 Å². The maximum atomic E-state index is 14.1. The Labute approximate surface area is 202 Å². The van der Waals surface area contributed by atoms with Gasteiger partial charge in [0.1, 0.15) is 0 Å². The minimum atomic E-state index is -1.43. The summed E-state index contributed by atoms with van der Waals surface area (Å²) in [5.74, 6) is -0.704. The van der Waals surface area contributed by atoms with E-state index in [1.54, 1.807) is 6.08 Å². The Morgan fingerprint density at radius 1 is 1.21 bits per heavy atom. The normalized spacial score (nSPS) is 44.2. The third-order valence-electron chi connectivity index (χ3n) is 9.14. The van der Waals surface area contributed by atoms with Gasteiger partial charge in [0.2, 0.25) is 5.78 Å². The fourth-order valence-corrected chi connectivity index (χ4v) is 6.83. The van der Waals surface area contributed by atoms with E-state index in [0.717, 1.165) is 18.4 Å². The summed E-state index contributed by atoms with van der Waals surface area (Å²) in [6, 6.07) is 9.50. The number of benzene rings is 1. The van der Waals surface area contributed by atoms with Crippen molar-refractivity contribution in [1.29, 1.82) is 0 Å². The van der Waals surface area contributed by atoms with Crippen LogP contribution >= 0.6 is 0 Å². The van der Waals surface area contributed by atoms with Gasteiger partial charge in [0.15, 0.2) is 5.60 Å². The average Bonchev–Trinajstić information content (AvgIpc) is 3.57. The number of fused-ring (bicyclic) bond motifs is 4. The van der Waals surface area contributed by atoms with Crippen molar-refractivity contribution < 1.29 is 24.2 Å². The third kappa shape index (κ3) is 3.68. The van der Waals surface area contributed by atoms with Gasteiger partial charge in [0, 0.05) is 12.5 Å². The Morgan fingerprint density at radius 2 is 1.91 bits per heavy atom. The molecule has 5 heteroatoms. The zero-order valence-electron chi connectivity index (χ0n) is 20.8. The molecule has 0 amide bonds. The van der Waals surface area contributed by atoms with Crippen molar-refractivity contribution in [3.8, 4) is 0 Å². The summed E-state index contributed by atoms with van der Waals surface area (Å²) >= 11 is 0. The Morgan fingerprint density at radius 3 is 2.62 bits per heavy atom. The molecule has 1 aromatic carbocycles. The van der Waals surface area contributed by atoms with Crippen LogP contribution in [0, 0.1) is 29.1 Å². The summed E-state index contributed by atoms with van der Waals surface area (Å²) in [5.41, 5.74) is -0.200. The molecule has 3 aliphatic carbocycles. The van der Waals surface area contributed by atoms with E-state index in [9.17, 15) is 14.7 Å². The highest BCUT2D eigenvalue weighted by molar-refractivity contribution is 6.04. The standard InChI is InChI=1S/C29H36O5/c1-17-15-21-20(27(21,3)4)13-14-28(5)26(34-28)23-24(31)18(2)16-29(23,25(17)32)33-22(30)12-11-19-9-7-6-8-10-19/h6-12,15,18,20-21,23-24,26,31H,13-14,16H2,1-5H3/b12-11+,17-15-/t18-,20-,21+,23+,24-,26+,28-,29+/m0/s1. The average molecular weight is 465 g/mol. The van der Waals surface area contributed by atoms with Crippen LogP contribution in [0.15, 0.2) is 48.1 Å². The Kier molecular flexibility index (Phi) is 5.45. The molecule has 1 aliphatic heterocycles. The number of Topliss-reactive ketones (excluding diaryl/α,β-unsaturated/α-hetero) is 1. The summed E-state index contributed by atoms with van der Waals surface area (Å²) in [6.45, 7) is 10.3. The number of esters is 1. The maximum absolute atomic E-state index is 14.1. The lowest BCUT2D eigenvalue weighted by Gasteiger charge is -2.34. The molecule has 5 rings (SSSR count). The summed E-state index contributed by atoms with van der Waals surface area (Å²) in [6.07, 6.45) is 6.26. The molecule has 182 valence electrons. The largest absolute Gasteiger partial charge is 0.447 e. The van der Waals surface area contributed by atoms with Crippen molar-refractivity contribution in [1.82, 2.24) is 0 Å². The minimum Gasteiger partial charge on any atom is -0.447 e. The molecule has 1 heterocycles. The zero-order valence-corrected chi connectivity index (χ0v) is 20.8. The molecule has 1 saturated heterocycles. The van der Waals surface area contributed by atoms with Crippen LogP contribution in [0.4, 0.5) is 0 Å². The smallest absolute Gasteiger partial charge is 0.331 e. The molecule has 0 aromatic heterocycles. The Hall–Kier alpha value is -2.24. The topological polar surface area (TPSA) is 76.1 Å². The van der Waals surface area contributed by atoms with Crippen LogP contribution in [0.5, 0.6) is 0 Å². The Balaban J connectivity index is 1.53. The summed E-state index contributed by atoms with van der Waals surface area (Å²) in [5, 5.41) is 11.2. The third-order valence-corrected chi connectivity index (χ3v) is 9.14. The molecule has 0 spiro atoms. The SMILES string of the molecule is C/C1=C/[C@@H]2[C@H](CC[C@]3(C)O[C@@H]3[C@H]3[C@@H](O)[C@@H](C)C[C@]3(OC(=O)/C=C/c3ccccc3)C1=O)C2(C)C. The van der Waals surface area contributed by atoms with Gasteiger partial charge in [-0.3, -0.25) is 4.79 Å². The van der Waals surface area contributed by atoms with Gasteiger partial charge in [-0.05, 0) is 67.1 Å². The number of hydrogen-bond acceptors (Lipinski definition) is 5. The van der Waals surface area contributed by atoms with Crippen LogP contribution in [-0.2, 0) is 19.1 Å². The highest BCUT2D eigenvalue weighted by Crippen LogP contribution is 2.64. The van der Waals surface area contributed by atoms with Crippen molar-refractivity contribution in [2.45, 2.75) is 77.3 Å². The number of ether oxygens (including phenoxy) is 2. The van der Waals surface area contributed by atoms with Gasteiger partial charge < -0.3 is 14.6 Å². The first kappa shape index (κ1) is 23.5. The molecular formula is C29H36O5. The molecule has 1 aromatic rings. The van der Waals surface area contributed by atoms with E-state index in [1.807, 2.05) is 44.2 Å². The van der Waals surface area contributed by atoms with E-state index in [0.29, 0.717) is 23.8 Å². The number of aliphatic hydroxyl groups is 1. The van der Waals surface area contributed by atoms with E-state index in [2.05, 4.69) is 26.8 Å². The predicted molar refractivity (Wildman–Crippen MR) is 130 cm³/mol. The molecule has 2 saturated carbocycles. The van der Waals surface area contributed by atoms with Crippen molar-refractivity contribution in [2.75, 3.05) is 0 Å². The molecule has 0 radical (unpaired) electrons. The molecule has 1 N–H and O–H groups in total. The maximum Gasteiger partial charge on any atom is 0.331 e. The van der Waals surface area contributed by atoms with E-state index >= 15 is 0 Å². The predicted octanol–water partition coefficient (Wildman–Crippen LogP) is 4.74. The van der Waals surface area contributed by atoms with Gasteiger partial charge in [-0.2, -0.15) is 0 Å². The minimum absolute atomic E-state index is 0.144. The van der Waals surface area contributed by atoms with Crippen molar-refractivity contribution in [3.05, 3.63) is 53.6 Å². The number of epoxide rings is 1. The summed E-state index contributed by atoms with van der Waals surface area (Å²) in [7, 11) is 0. The van der Waals surface area contributed by atoms with E-state index < -0.39 is 29.2 Å². The number of allylic oxidation sites excluding steroid dienone is 1. The molecule has 34 heavy (non-hydrogen) atoms. The quantitative estimate of drug-likeness (QED) is 0.397. The van der Waals surface area contributed by atoms with Crippen LogP contribution in [0.2, 0.25) is 0 Å². The summed E-state index contributed by atoms with van der Waals surface area (Å²) in [4.78, 5) is 27.2. The monoisotopic (exact) mass is 464 g/mol. The molecular weight excluding hydrogens is 428 g/mol. The first-order valence-electron chi connectivity index (χ1n) is 12.5. The number of carbonyl (C=O) groups excluding carboxylic acids is 2. The first-order chi connectivity index (χ1) is 16.0. The fraction of sp³-hybridized carbons (Fsp3) is 0.586. The van der Waals surface area contributed by atoms with Gasteiger partial charge in [0.25, 0.3) is 0 Å². The van der Waals surface area contributed by atoms with Crippen LogP contribution in [0.3, 0.4) is 0 Å². The molecule has 0 bridgehead atoms. The van der Waals surface area contributed by atoms with Crippen molar-refractivity contribution >= 4 is 17.8 Å². The lowest BCUT2D eigenvalue weighted by molar-refractivity contribution is -0.168. The van der Waals surface area contributed by atoms with Crippen molar-refractivity contribution in [3.63, 3.8) is 0 Å². The highest BCUT2D eigenvalue weighted by atomic mass is 16.6. The van der Waals surface area contributed by atoms with E-state index in [4.69, 9.17) is 9.47 Å². The first-order valence-corrected chi connectivity index (χ1v) is 12.5. The number of aliphatic hydroxyl groups excluding tert-OH is 1. The number of carbonyl (C=O) groups is 2. The molecule has 5 nitrogen and oxygen atoms in total. The molecule has 0 unspecified atom stereocenters. The molecule has 3 fully saturated rings. The van der Waals surface area contributed by atoms with Crippen molar-refractivity contribution in [2.24, 2.45) is 29.1 Å². The molecule has 4 aliphatic rings. The van der Waals surface area contributed by atoms with E-state index in [1.165, 1.54) is 6.08 Å². The van der Waals surface area contributed by atoms with Gasteiger partial charge in [-0.25, -0.2) is 4.79 Å². The second-order valence-electron chi connectivity index (χ2n) is 11.8. The number of rotatable bonds is 3. The summed E-state index contributed by atoms with van der Waals surface area (Å²) < 4.78 is 12.3. The second-order valence-corrected chi connectivity index (χ2v) is 11.8. The van der Waals surface area contributed by atoms with Gasteiger partial charge in [-0.15, -0.1) is 0 Å². The molecule has 8 atom stereocenters. The fourth-order valence-electron chi connectivity index (χ4n) is 6.83. The van der Waals surface area contributed by atoms with Crippen LogP contribution in [0.1, 0.15) is 59.4 Å². The van der Waals surface area contributed by atoms with Crippen LogP contribution in [0.25, 0.3) is 6.08 Å². The number of hydrogen-bond donors (Lipinski definition) is 1. The second kappa shape index (κ2) is 7.89. The van der Waals surface area contributed by atoms with E-state index in [-0.39, 0.29) is 23.2 Å². The zero-order chi connectivity index (χ0) is 24.5. The van der Waals surface area contributed by atoms with Crippen LogP contribution in [-0.4, -0.2) is 40.3 Å². The number of ketones is 1. The lowest BCUT2D eigenvalue weighted by atomic mass is 9.77. The van der Waals surface area contributed by atoms with Gasteiger partial charge in [-0.1, -0.05) is 57.2 Å².